The summed E-state index contributed by atoms with van der Waals surface area (Å²) in [6.45, 7) is 3.57. The van der Waals surface area contributed by atoms with Gasteiger partial charge in [0.25, 0.3) is 5.56 Å². The van der Waals surface area contributed by atoms with Crippen LogP contribution in [0.5, 0.6) is 0 Å². The van der Waals surface area contributed by atoms with Gasteiger partial charge in [-0.05, 0) is 43.4 Å². The molecule has 2 aromatic rings. The van der Waals surface area contributed by atoms with Crippen LogP contribution < -0.4 is 5.56 Å². The average molecular weight is 336 g/mol. The highest BCUT2D eigenvalue weighted by Crippen LogP contribution is 2.35. The van der Waals surface area contributed by atoms with Crippen molar-refractivity contribution in [2.75, 3.05) is 12.4 Å². The van der Waals surface area contributed by atoms with Gasteiger partial charge in [-0.15, -0.1) is 11.3 Å². The van der Waals surface area contributed by atoms with E-state index in [2.05, 4.69) is 6.92 Å². The first-order chi connectivity index (χ1) is 10.8. The number of hydrogen-bond acceptors (Lipinski definition) is 5. The Kier molecular flexibility index (Phi) is 4.00. The van der Waals surface area contributed by atoms with E-state index in [-0.39, 0.29) is 11.7 Å². The predicted molar refractivity (Wildman–Crippen MR) is 91.3 cm³/mol. The number of nitrogens with zero attached hydrogens (tertiary/aromatic N) is 2. The first-order valence-corrected chi connectivity index (χ1v) is 9.87. The molecule has 1 unspecified atom stereocenters. The van der Waals surface area contributed by atoms with Crippen LogP contribution in [0.15, 0.2) is 9.95 Å². The van der Waals surface area contributed by atoms with Crippen molar-refractivity contribution in [3.63, 3.8) is 0 Å². The second-order valence-corrected chi connectivity index (χ2v) is 8.23. The molecule has 4 nitrogen and oxygen atoms in total. The summed E-state index contributed by atoms with van der Waals surface area (Å²) >= 11 is 3.38. The van der Waals surface area contributed by atoms with E-state index in [4.69, 9.17) is 9.72 Å². The van der Waals surface area contributed by atoms with Crippen LogP contribution >= 0.6 is 23.1 Å². The number of hydrogen-bond donors (Lipinski definition) is 0. The summed E-state index contributed by atoms with van der Waals surface area (Å²) in [7, 11) is 0. The summed E-state index contributed by atoms with van der Waals surface area (Å²) in [5, 5.41) is 1.74. The van der Waals surface area contributed by atoms with Crippen LogP contribution in [0.4, 0.5) is 0 Å². The molecule has 0 saturated carbocycles. The number of fused-ring (bicyclic) bond motifs is 3. The van der Waals surface area contributed by atoms with E-state index < -0.39 is 0 Å². The Morgan fingerprint density at radius 1 is 1.41 bits per heavy atom. The number of ether oxygens (including phenoxy) is 1. The SMILES string of the molecule is CCSc1nc2sc3c(c2c(=O)n1CC1CCCO1)CCC3. The van der Waals surface area contributed by atoms with Crippen LogP contribution in [0, 0.1) is 0 Å². The zero-order valence-electron chi connectivity index (χ0n) is 12.8. The van der Waals surface area contributed by atoms with Crippen LogP contribution in [0.3, 0.4) is 0 Å². The molecule has 3 heterocycles. The van der Waals surface area contributed by atoms with E-state index in [1.807, 2.05) is 4.57 Å². The third-order valence-electron chi connectivity index (χ3n) is 4.47. The van der Waals surface area contributed by atoms with Gasteiger partial charge in [0.05, 0.1) is 18.0 Å². The minimum Gasteiger partial charge on any atom is -0.376 e. The fourth-order valence-electron chi connectivity index (χ4n) is 3.45. The lowest BCUT2D eigenvalue weighted by Crippen LogP contribution is -2.28. The Morgan fingerprint density at radius 2 is 2.32 bits per heavy atom. The van der Waals surface area contributed by atoms with Gasteiger partial charge in [-0.2, -0.15) is 0 Å². The molecule has 0 radical (unpaired) electrons. The zero-order valence-corrected chi connectivity index (χ0v) is 14.4. The molecule has 1 atom stereocenters. The second-order valence-electron chi connectivity index (χ2n) is 5.92. The highest BCUT2D eigenvalue weighted by molar-refractivity contribution is 7.99. The molecular formula is C16H20N2O2S2. The van der Waals surface area contributed by atoms with Crippen LogP contribution in [0.2, 0.25) is 0 Å². The zero-order chi connectivity index (χ0) is 15.1. The number of rotatable bonds is 4. The number of thiophene rings is 1. The molecule has 2 aliphatic rings. The van der Waals surface area contributed by atoms with E-state index >= 15 is 0 Å². The summed E-state index contributed by atoms with van der Waals surface area (Å²) in [6.07, 6.45) is 5.62. The Hall–Kier alpha value is -0.850. The summed E-state index contributed by atoms with van der Waals surface area (Å²) in [5.41, 5.74) is 1.42. The quantitative estimate of drug-likeness (QED) is 0.635. The molecular weight excluding hydrogens is 316 g/mol. The van der Waals surface area contributed by atoms with Gasteiger partial charge in [-0.25, -0.2) is 4.98 Å². The second kappa shape index (κ2) is 5.98. The van der Waals surface area contributed by atoms with Crippen molar-refractivity contribution < 1.29 is 4.74 Å². The minimum atomic E-state index is 0.149. The predicted octanol–water partition coefficient (Wildman–Crippen LogP) is 3.24. The Bertz CT molecular complexity index is 760. The lowest BCUT2D eigenvalue weighted by Gasteiger charge is -2.15. The van der Waals surface area contributed by atoms with Crippen molar-refractivity contribution in [2.24, 2.45) is 0 Å². The van der Waals surface area contributed by atoms with Crippen molar-refractivity contribution in [1.29, 1.82) is 0 Å². The van der Waals surface area contributed by atoms with Crippen molar-refractivity contribution in [3.05, 3.63) is 20.8 Å². The van der Waals surface area contributed by atoms with E-state index in [0.29, 0.717) is 6.54 Å². The molecule has 1 fully saturated rings. The molecule has 2 aromatic heterocycles. The molecule has 1 aliphatic heterocycles. The summed E-state index contributed by atoms with van der Waals surface area (Å²) in [5.74, 6) is 0.925. The normalized spacial score (nSPS) is 20.9. The maximum atomic E-state index is 13.1. The monoisotopic (exact) mass is 336 g/mol. The fourth-order valence-corrected chi connectivity index (χ4v) is 5.49. The molecule has 4 rings (SSSR count). The van der Waals surface area contributed by atoms with E-state index in [1.165, 1.54) is 16.9 Å². The van der Waals surface area contributed by atoms with Crippen LogP contribution in [-0.2, 0) is 24.1 Å². The molecule has 0 bridgehead atoms. The summed E-state index contributed by atoms with van der Waals surface area (Å²) in [4.78, 5) is 20.2. The first-order valence-electron chi connectivity index (χ1n) is 8.07. The van der Waals surface area contributed by atoms with Crippen molar-refractivity contribution in [3.8, 4) is 0 Å². The van der Waals surface area contributed by atoms with E-state index in [9.17, 15) is 4.79 Å². The molecule has 0 spiro atoms. The summed E-state index contributed by atoms with van der Waals surface area (Å²) in [6, 6.07) is 0. The van der Waals surface area contributed by atoms with Gasteiger partial charge in [0.2, 0.25) is 0 Å². The molecule has 0 N–H and O–H groups in total. The van der Waals surface area contributed by atoms with Crippen LogP contribution in [0.25, 0.3) is 10.2 Å². The highest BCUT2D eigenvalue weighted by atomic mass is 32.2. The Balaban J connectivity index is 1.85. The molecule has 0 amide bonds. The van der Waals surface area contributed by atoms with Crippen LogP contribution in [0.1, 0.15) is 36.6 Å². The van der Waals surface area contributed by atoms with Crippen molar-refractivity contribution >= 4 is 33.3 Å². The maximum absolute atomic E-state index is 13.1. The average Bonchev–Trinajstić information content (AvgIpc) is 3.19. The standard InChI is InChI=1S/C16H20N2O2S2/c1-2-21-16-17-14-13(11-6-3-7-12(11)22-14)15(19)18(16)9-10-5-4-8-20-10/h10H,2-9H2,1H3. The highest BCUT2D eigenvalue weighted by Gasteiger charge is 2.25. The number of aryl methyl sites for hydroxylation is 2. The third kappa shape index (κ3) is 2.41. The molecule has 6 heteroatoms. The number of aromatic nitrogens is 2. The molecule has 0 aromatic carbocycles. The molecule has 22 heavy (non-hydrogen) atoms. The minimum absolute atomic E-state index is 0.149. The van der Waals surface area contributed by atoms with Gasteiger partial charge >= 0.3 is 0 Å². The van der Waals surface area contributed by atoms with Crippen molar-refractivity contribution in [1.82, 2.24) is 9.55 Å². The maximum Gasteiger partial charge on any atom is 0.263 e. The van der Waals surface area contributed by atoms with Crippen molar-refractivity contribution in [2.45, 2.75) is 56.8 Å². The van der Waals surface area contributed by atoms with Gasteiger partial charge in [0.15, 0.2) is 5.16 Å². The van der Waals surface area contributed by atoms with E-state index in [1.54, 1.807) is 23.1 Å². The van der Waals surface area contributed by atoms with Gasteiger partial charge < -0.3 is 4.74 Å². The molecule has 1 aliphatic carbocycles. The Labute approximate surface area is 137 Å². The largest absolute Gasteiger partial charge is 0.376 e. The number of thioether (sulfide) groups is 1. The lowest BCUT2D eigenvalue weighted by atomic mass is 10.2. The van der Waals surface area contributed by atoms with Gasteiger partial charge in [-0.1, -0.05) is 18.7 Å². The molecule has 118 valence electrons. The fraction of sp³-hybridized carbons (Fsp3) is 0.625. The van der Waals surface area contributed by atoms with Gasteiger partial charge in [-0.3, -0.25) is 9.36 Å². The molecule has 1 saturated heterocycles. The third-order valence-corrected chi connectivity index (χ3v) is 6.52. The summed E-state index contributed by atoms with van der Waals surface area (Å²) < 4.78 is 7.61. The first kappa shape index (κ1) is 14.7. The van der Waals surface area contributed by atoms with Gasteiger partial charge in [0, 0.05) is 11.5 Å². The van der Waals surface area contributed by atoms with E-state index in [0.717, 1.165) is 53.4 Å². The van der Waals surface area contributed by atoms with Crippen LogP contribution in [-0.4, -0.2) is 28.0 Å². The lowest BCUT2D eigenvalue weighted by molar-refractivity contribution is 0.0937. The van der Waals surface area contributed by atoms with Gasteiger partial charge in [0.1, 0.15) is 4.83 Å². The topological polar surface area (TPSA) is 44.1 Å². The smallest absolute Gasteiger partial charge is 0.263 e. The Morgan fingerprint density at radius 3 is 3.09 bits per heavy atom.